The fraction of sp³-hybridized carbons (Fsp3) is 0.942. The zero-order chi connectivity index (χ0) is 43.3. The minimum Gasteiger partial charge on any atom is -0.465 e. The Morgan fingerprint density at radius 2 is 1.63 bits per heavy atom. The number of fused-ring (bicyclic) bond motifs is 7. The summed E-state index contributed by atoms with van der Waals surface area (Å²) in [7, 11) is 3.61. The molecule has 62 heavy (non-hydrogen) atoms. The highest BCUT2D eigenvalue weighted by molar-refractivity contribution is 5.65. The van der Waals surface area contributed by atoms with Crippen LogP contribution in [0.15, 0.2) is 0 Å². The van der Waals surface area contributed by atoms with Crippen LogP contribution in [-0.4, -0.2) is 98.4 Å². The van der Waals surface area contributed by atoms with Crippen LogP contribution in [0.3, 0.4) is 0 Å². The second kappa shape index (κ2) is 19.5. The molecule has 9 rings (SSSR count). The molecule has 8 fully saturated rings. The number of nitrogens with two attached hydrogens (primary N) is 1. The highest BCUT2D eigenvalue weighted by atomic mass is 16.5. The summed E-state index contributed by atoms with van der Waals surface area (Å²) >= 11 is 0. The molecule has 3 aliphatic heterocycles. The van der Waals surface area contributed by atoms with Crippen molar-refractivity contribution < 1.29 is 34.0 Å². The van der Waals surface area contributed by atoms with E-state index in [0.29, 0.717) is 85.2 Å². The monoisotopic (exact) mass is 864 g/mol. The topological polar surface area (TPSA) is 145 Å². The molecule has 4 bridgehead atoms. The van der Waals surface area contributed by atoms with Crippen LogP contribution in [0.4, 0.5) is 0 Å². The van der Waals surface area contributed by atoms with Crippen molar-refractivity contribution in [2.75, 3.05) is 27.4 Å². The van der Waals surface area contributed by atoms with Gasteiger partial charge in [-0.1, -0.05) is 39.0 Å². The van der Waals surface area contributed by atoms with Crippen LogP contribution in [0.25, 0.3) is 0 Å². The maximum absolute atomic E-state index is 12.6. The molecular weight excluding hydrogens is 779 g/mol. The predicted molar refractivity (Wildman–Crippen MR) is 240 cm³/mol. The van der Waals surface area contributed by atoms with Crippen molar-refractivity contribution in [3.05, 3.63) is 0 Å². The lowest BCUT2D eigenvalue weighted by Crippen LogP contribution is -2.60. The second-order valence-electron chi connectivity index (χ2n) is 22.7. The van der Waals surface area contributed by atoms with Gasteiger partial charge in [-0.3, -0.25) is 10.1 Å². The van der Waals surface area contributed by atoms with Gasteiger partial charge in [-0.15, -0.1) is 5.92 Å². The van der Waals surface area contributed by atoms with Gasteiger partial charge in [0, 0.05) is 39.5 Å². The number of hydrogen-bond acceptors (Lipinski definition) is 10. The third kappa shape index (κ3) is 8.72. The fourth-order valence-corrected chi connectivity index (χ4v) is 17.5. The van der Waals surface area contributed by atoms with E-state index in [-0.39, 0.29) is 71.9 Å². The van der Waals surface area contributed by atoms with Crippen molar-refractivity contribution in [3.63, 3.8) is 0 Å². The molecule has 9 aliphatic rings. The first-order valence-corrected chi connectivity index (χ1v) is 26.0. The van der Waals surface area contributed by atoms with E-state index in [0.717, 1.165) is 57.4 Å². The van der Waals surface area contributed by atoms with Gasteiger partial charge < -0.3 is 40.2 Å². The predicted octanol–water partition coefficient (Wildman–Crippen LogP) is 6.83. The standard InChI is InChI=1S/C52H85N3O7/c1-6-30-22-40-36(16-15-31-11-8-9-13-42(31)54-7-2)33-19-20-52(26-33)27-34-21-35(57)24-46(60-5)47(34)38-18-17-37-41(28-61-29(3)56)49(62-50(37)48(38)52)39-25-45(59-4)44(58)23-32(39)12-10-14-43(40)55-51(30)53/h30-51,54-55,57-58H,6-9,11-13,15-28,53H2,1-5H3/t30?,31?,32?,33-,34?,35?,36-,37?,38?,39?,40?,41+,42?,43?,44?,45?,46?,47?,48?,49+,50?,51?,52-/m1/s1. The Balaban J connectivity index is 1.15. The minimum atomic E-state index is -0.554. The number of hydrogen-bond donors (Lipinski definition) is 5. The third-order valence-electron chi connectivity index (χ3n) is 20.0. The number of carbonyl (C=O) groups excluding carboxylic acids is 1. The summed E-state index contributed by atoms with van der Waals surface area (Å²) in [6.07, 6.45) is 19.6. The van der Waals surface area contributed by atoms with E-state index in [1.54, 1.807) is 7.11 Å². The van der Waals surface area contributed by atoms with E-state index in [1.165, 1.54) is 64.7 Å². The molecule has 10 nitrogen and oxygen atoms in total. The van der Waals surface area contributed by atoms with Crippen molar-refractivity contribution in [2.45, 2.75) is 198 Å². The van der Waals surface area contributed by atoms with E-state index in [2.05, 4.69) is 36.3 Å². The number of ether oxygens (including phenoxy) is 4. The first-order valence-electron chi connectivity index (χ1n) is 26.0. The van der Waals surface area contributed by atoms with Gasteiger partial charge in [0.1, 0.15) is 0 Å². The molecule has 6 N–H and O–H groups in total. The van der Waals surface area contributed by atoms with Gasteiger partial charge in [-0.05, 0) is 179 Å². The van der Waals surface area contributed by atoms with E-state index in [1.807, 2.05) is 7.11 Å². The number of aliphatic hydroxyl groups is 2. The Morgan fingerprint density at radius 3 is 2.40 bits per heavy atom. The lowest BCUT2D eigenvalue weighted by atomic mass is 9.45. The Bertz CT molecular complexity index is 1590. The smallest absolute Gasteiger partial charge is 0.302 e. The molecule has 6 aliphatic carbocycles. The van der Waals surface area contributed by atoms with Gasteiger partial charge in [0.05, 0.1) is 55.4 Å². The van der Waals surface area contributed by atoms with Crippen LogP contribution in [0, 0.1) is 94.2 Å². The first-order chi connectivity index (χ1) is 30.1. The van der Waals surface area contributed by atoms with Crippen molar-refractivity contribution in [3.8, 4) is 11.8 Å². The number of piperidine rings is 1. The average Bonchev–Trinajstić information content (AvgIpc) is 3.84. The summed E-state index contributed by atoms with van der Waals surface area (Å²) in [6, 6.07) is 0.658. The molecule has 350 valence electrons. The van der Waals surface area contributed by atoms with Gasteiger partial charge in [0.2, 0.25) is 0 Å². The third-order valence-corrected chi connectivity index (χ3v) is 20.0. The van der Waals surface area contributed by atoms with Gasteiger partial charge >= 0.3 is 5.97 Å². The SMILES string of the molecule is CCNC1CCCCC1CC[C@H]1C2CC(CC)C(N)NC2C#CCC2CC(O)C(OC)CC2[C@@H]2OC3C(CCC4C5C(CC(O)CC5OC)C[C@]5(CC[C@@H]1C5)C43)[C@@H]2COC(C)=O. The van der Waals surface area contributed by atoms with E-state index < -0.39 is 6.10 Å². The summed E-state index contributed by atoms with van der Waals surface area (Å²) in [4.78, 5) is 12.6. The number of carbonyl (C=O) groups is 1. The van der Waals surface area contributed by atoms with Crippen LogP contribution in [-0.2, 0) is 23.7 Å². The van der Waals surface area contributed by atoms with Crippen molar-refractivity contribution in [1.29, 1.82) is 0 Å². The lowest BCUT2D eigenvalue weighted by molar-refractivity contribution is -0.193. The zero-order valence-corrected chi connectivity index (χ0v) is 39.1. The minimum absolute atomic E-state index is 0.0389. The van der Waals surface area contributed by atoms with Crippen molar-refractivity contribution in [1.82, 2.24) is 10.6 Å². The summed E-state index contributed by atoms with van der Waals surface area (Å²) in [5.41, 5.74) is 7.12. The van der Waals surface area contributed by atoms with Crippen LogP contribution >= 0.6 is 0 Å². The quantitative estimate of drug-likeness (QED) is 0.117. The molecule has 18 unspecified atom stereocenters. The van der Waals surface area contributed by atoms with Crippen LogP contribution in [0.5, 0.6) is 0 Å². The Kier molecular flexibility index (Phi) is 14.4. The van der Waals surface area contributed by atoms with Crippen LogP contribution in [0.1, 0.15) is 143 Å². The molecule has 23 atom stereocenters. The molecule has 0 amide bonds. The van der Waals surface area contributed by atoms with E-state index in [4.69, 9.17) is 24.7 Å². The van der Waals surface area contributed by atoms with Gasteiger partial charge in [-0.2, -0.15) is 0 Å². The molecule has 6 saturated carbocycles. The van der Waals surface area contributed by atoms with E-state index in [9.17, 15) is 15.0 Å². The largest absolute Gasteiger partial charge is 0.465 e. The molecule has 0 aromatic rings. The molecule has 2 saturated heterocycles. The van der Waals surface area contributed by atoms with Gasteiger partial charge in [-0.25, -0.2) is 0 Å². The normalized spacial score (nSPS) is 51.0. The molecule has 0 aromatic carbocycles. The van der Waals surface area contributed by atoms with Crippen molar-refractivity contribution >= 4 is 5.97 Å². The lowest BCUT2D eigenvalue weighted by Gasteiger charge is -2.61. The zero-order valence-electron chi connectivity index (χ0n) is 39.1. The van der Waals surface area contributed by atoms with Crippen molar-refractivity contribution in [2.24, 2.45) is 88.1 Å². The maximum Gasteiger partial charge on any atom is 0.302 e. The van der Waals surface area contributed by atoms with Crippen LogP contribution < -0.4 is 16.4 Å². The number of nitrogens with one attached hydrogen (secondary N) is 2. The Hall–Kier alpha value is -1.29. The average molecular weight is 864 g/mol. The highest BCUT2D eigenvalue weighted by Crippen LogP contribution is 2.69. The molecule has 1 spiro atoms. The second-order valence-corrected chi connectivity index (χ2v) is 22.7. The number of methoxy groups -OCH3 is 2. The summed E-state index contributed by atoms with van der Waals surface area (Å²) < 4.78 is 26.2. The Labute approximate surface area is 374 Å². The number of aliphatic hydroxyl groups excluding tert-OH is 2. The molecule has 10 heteroatoms. The summed E-state index contributed by atoms with van der Waals surface area (Å²) in [5.74, 6) is 12.6. The molecule has 0 radical (unpaired) electrons. The highest BCUT2D eigenvalue weighted by Gasteiger charge is 2.66. The number of esters is 1. The first kappa shape index (κ1) is 45.8. The summed E-state index contributed by atoms with van der Waals surface area (Å²) in [6.45, 7) is 7.55. The van der Waals surface area contributed by atoms with Crippen LogP contribution in [0.2, 0.25) is 0 Å². The fourth-order valence-electron chi connectivity index (χ4n) is 17.5. The maximum atomic E-state index is 12.6. The molecule has 0 aromatic heterocycles. The van der Waals surface area contributed by atoms with Gasteiger partial charge in [0.15, 0.2) is 0 Å². The molecule has 3 heterocycles. The van der Waals surface area contributed by atoms with E-state index >= 15 is 0 Å². The Morgan fingerprint density at radius 1 is 0.839 bits per heavy atom. The summed E-state index contributed by atoms with van der Waals surface area (Å²) in [5, 5.41) is 30.8. The molecular formula is C52H85N3O7. The number of rotatable bonds is 10. The van der Waals surface area contributed by atoms with Gasteiger partial charge in [0.25, 0.3) is 0 Å².